The minimum atomic E-state index is -0.503. The van der Waals surface area contributed by atoms with Gasteiger partial charge in [-0.25, -0.2) is 0 Å². The maximum Gasteiger partial charge on any atom is 0.143 e. The number of nitrogens with zero attached hydrogens (tertiary/aromatic N) is 1. The molecular weight excluding hydrogens is 667 g/mol. The van der Waals surface area contributed by atoms with E-state index in [0.717, 1.165) is 49.8 Å². The van der Waals surface area contributed by atoms with Crippen LogP contribution in [0.2, 0.25) is 0 Å². The maximum absolute atomic E-state index is 6.57. The smallest absolute Gasteiger partial charge is 0.143 e. The van der Waals surface area contributed by atoms with Gasteiger partial charge in [0.25, 0.3) is 0 Å². The number of para-hydroxylation sites is 1. The van der Waals surface area contributed by atoms with E-state index in [1.807, 2.05) is 6.07 Å². The fraction of sp³-hybridized carbons (Fsp3) is 0.0189. The Labute approximate surface area is 320 Å². The molecule has 2 nitrogen and oxygen atoms in total. The van der Waals surface area contributed by atoms with Crippen LogP contribution in [0.5, 0.6) is 0 Å². The van der Waals surface area contributed by atoms with Crippen molar-refractivity contribution in [2.75, 3.05) is 4.90 Å². The topological polar surface area (TPSA) is 16.4 Å². The molecule has 0 amide bonds. The predicted octanol–water partition coefficient (Wildman–Crippen LogP) is 14.2. The zero-order chi connectivity index (χ0) is 36.3. The van der Waals surface area contributed by atoms with E-state index in [1.165, 1.54) is 44.5 Å². The van der Waals surface area contributed by atoms with Crippen molar-refractivity contribution < 1.29 is 4.42 Å². The summed E-state index contributed by atoms with van der Waals surface area (Å²) in [6, 6.07) is 77.1. The average molecular weight is 702 g/mol. The molecule has 1 aromatic heterocycles. The Morgan fingerprint density at radius 3 is 1.71 bits per heavy atom. The molecule has 0 unspecified atom stereocenters. The third-order valence-corrected chi connectivity index (χ3v) is 11.5. The first-order valence-electron chi connectivity index (χ1n) is 18.9. The summed E-state index contributed by atoms with van der Waals surface area (Å²) in [7, 11) is 0. The van der Waals surface area contributed by atoms with Gasteiger partial charge < -0.3 is 9.32 Å². The second-order valence-electron chi connectivity index (χ2n) is 14.5. The van der Waals surface area contributed by atoms with Crippen LogP contribution in [0.1, 0.15) is 22.3 Å². The van der Waals surface area contributed by atoms with Gasteiger partial charge in [-0.05, 0) is 98.4 Å². The highest BCUT2D eigenvalue weighted by Gasteiger charge is 2.46. The van der Waals surface area contributed by atoms with Crippen molar-refractivity contribution in [1.82, 2.24) is 0 Å². The molecule has 0 N–H and O–H groups in total. The minimum absolute atomic E-state index is 0.503. The zero-order valence-electron chi connectivity index (χ0n) is 30.1. The highest BCUT2D eigenvalue weighted by molar-refractivity contribution is 6.15. The number of rotatable bonds is 6. The summed E-state index contributed by atoms with van der Waals surface area (Å²) >= 11 is 0. The van der Waals surface area contributed by atoms with Crippen molar-refractivity contribution >= 4 is 49.8 Å². The van der Waals surface area contributed by atoms with Gasteiger partial charge in [-0.3, -0.25) is 0 Å². The highest BCUT2D eigenvalue weighted by atomic mass is 16.3. The van der Waals surface area contributed by atoms with Gasteiger partial charge in [-0.15, -0.1) is 0 Å². The van der Waals surface area contributed by atoms with Crippen LogP contribution in [0.25, 0.3) is 55.0 Å². The molecule has 10 aromatic rings. The van der Waals surface area contributed by atoms with Gasteiger partial charge in [-0.1, -0.05) is 164 Å². The maximum atomic E-state index is 6.57. The van der Waals surface area contributed by atoms with Gasteiger partial charge in [0.1, 0.15) is 11.2 Å². The second kappa shape index (κ2) is 12.5. The first kappa shape index (κ1) is 31.4. The van der Waals surface area contributed by atoms with Crippen molar-refractivity contribution in [3.8, 4) is 22.3 Å². The van der Waals surface area contributed by atoms with Crippen LogP contribution in [0, 0.1) is 0 Å². The normalized spacial score (nSPS) is 12.9. The summed E-state index contributed by atoms with van der Waals surface area (Å²) < 4.78 is 6.57. The number of anilines is 3. The molecule has 0 saturated carbocycles. The van der Waals surface area contributed by atoms with Gasteiger partial charge in [0, 0.05) is 33.2 Å². The fourth-order valence-corrected chi connectivity index (χ4v) is 9.10. The molecule has 258 valence electrons. The molecular formula is C53H35NO. The Morgan fingerprint density at radius 2 is 0.945 bits per heavy atom. The van der Waals surface area contributed by atoms with Crippen LogP contribution >= 0.6 is 0 Å². The van der Waals surface area contributed by atoms with E-state index in [1.54, 1.807) is 0 Å². The molecule has 0 spiro atoms. The standard InChI is InChI=1S/C53H35NO/c1-3-14-36(15-4-1)37-26-30-41(31-27-37)54(43-32-28-38-29-33-47-46-22-9-12-25-51(46)55-52(47)48(38)35-43)42-19-13-18-40(34-42)53(39-16-5-2-6-17-39)49-23-10-7-20-44(49)45-21-8-11-24-50(45)53/h1-35H. The van der Waals surface area contributed by atoms with E-state index in [2.05, 4.69) is 211 Å². The summed E-state index contributed by atoms with van der Waals surface area (Å²) in [5, 5.41) is 4.50. The molecule has 0 atom stereocenters. The second-order valence-corrected chi connectivity index (χ2v) is 14.5. The Balaban J connectivity index is 1.15. The SMILES string of the molecule is c1ccc(-c2ccc(N(c3cccc(C4(c5ccccc5)c5ccccc5-c5ccccc54)c3)c3ccc4ccc5c6ccccc6oc5c4c3)cc2)cc1. The van der Waals surface area contributed by atoms with Gasteiger partial charge in [-0.2, -0.15) is 0 Å². The number of furan rings is 1. The molecule has 1 aliphatic rings. The molecule has 11 rings (SSSR count). The largest absolute Gasteiger partial charge is 0.455 e. The lowest BCUT2D eigenvalue weighted by Gasteiger charge is -2.35. The fourth-order valence-electron chi connectivity index (χ4n) is 9.10. The monoisotopic (exact) mass is 701 g/mol. The highest BCUT2D eigenvalue weighted by Crippen LogP contribution is 2.56. The molecule has 0 aliphatic heterocycles. The van der Waals surface area contributed by atoms with Crippen molar-refractivity contribution in [1.29, 1.82) is 0 Å². The molecule has 1 heterocycles. The molecule has 9 aromatic carbocycles. The average Bonchev–Trinajstić information content (AvgIpc) is 3.79. The Bertz CT molecular complexity index is 2990. The van der Waals surface area contributed by atoms with Gasteiger partial charge >= 0.3 is 0 Å². The number of hydrogen-bond donors (Lipinski definition) is 0. The Kier molecular flexibility index (Phi) is 7.11. The molecule has 2 heteroatoms. The van der Waals surface area contributed by atoms with Crippen molar-refractivity contribution in [3.05, 3.63) is 235 Å². The minimum Gasteiger partial charge on any atom is -0.455 e. The van der Waals surface area contributed by atoms with E-state index in [9.17, 15) is 0 Å². The predicted molar refractivity (Wildman–Crippen MR) is 229 cm³/mol. The van der Waals surface area contributed by atoms with E-state index >= 15 is 0 Å². The molecule has 0 saturated heterocycles. The van der Waals surface area contributed by atoms with Crippen LogP contribution in [0.4, 0.5) is 17.1 Å². The molecule has 1 aliphatic carbocycles. The van der Waals surface area contributed by atoms with Crippen molar-refractivity contribution in [3.63, 3.8) is 0 Å². The lowest BCUT2D eigenvalue weighted by molar-refractivity contribution is 0.672. The van der Waals surface area contributed by atoms with Crippen LogP contribution in [-0.4, -0.2) is 0 Å². The lowest BCUT2D eigenvalue weighted by atomic mass is 9.67. The van der Waals surface area contributed by atoms with Crippen molar-refractivity contribution in [2.24, 2.45) is 0 Å². The Morgan fingerprint density at radius 1 is 0.364 bits per heavy atom. The summed E-state index contributed by atoms with van der Waals surface area (Å²) in [5.41, 5.74) is 14.6. The number of benzene rings is 9. The van der Waals surface area contributed by atoms with Gasteiger partial charge in [0.2, 0.25) is 0 Å². The van der Waals surface area contributed by atoms with Crippen LogP contribution in [-0.2, 0) is 5.41 Å². The van der Waals surface area contributed by atoms with Crippen LogP contribution in [0.15, 0.2) is 217 Å². The van der Waals surface area contributed by atoms with Gasteiger partial charge in [0.15, 0.2) is 0 Å². The summed E-state index contributed by atoms with van der Waals surface area (Å²) in [6.45, 7) is 0. The third kappa shape index (κ3) is 4.82. The molecule has 55 heavy (non-hydrogen) atoms. The van der Waals surface area contributed by atoms with Gasteiger partial charge in [0.05, 0.1) is 5.41 Å². The molecule has 0 fully saturated rings. The van der Waals surface area contributed by atoms with Crippen LogP contribution in [0.3, 0.4) is 0 Å². The zero-order valence-corrected chi connectivity index (χ0v) is 30.1. The lowest BCUT2D eigenvalue weighted by Crippen LogP contribution is -2.28. The van der Waals surface area contributed by atoms with E-state index in [4.69, 9.17) is 4.42 Å². The first-order chi connectivity index (χ1) is 27.3. The molecule has 0 bridgehead atoms. The first-order valence-corrected chi connectivity index (χ1v) is 18.9. The van der Waals surface area contributed by atoms with Crippen LogP contribution < -0.4 is 4.90 Å². The summed E-state index contributed by atoms with van der Waals surface area (Å²) in [4.78, 5) is 2.39. The molecule has 0 radical (unpaired) electrons. The van der Waals surface area contributed by atoms with E-state index in [-0.39, 0.29) is 0 Å². The third-order valence-electron chi connectivity index (χ3n) is 11.5. The summed E-state index contributed by atoms with van der Waals surface area (Å²) in [6.07, 6.45) is 0. The van der Waals surface area contributed by atoms with Crippen molar-refractivity contribution in [2.45, 2.75) is 5.41 Å². The Hall–Kier alpha value is -7.16. The number of hydrogen-bond acceptors (Lipinski definition) is 2. The summed E-state index contributed by atoms with van der Waals surface area (Å²) in [5.74, 6) is 0. The van der Waals surface area contributed by atoms with E-state index in [0.29, 0.717) is 0 Å². The van der Waals surface area contributed by atoms with E-state index < -0.39 is 5.41 Å². The quantitative estimate of drug-likeness (QED) is 0.172. The number of fused-ring (bicyclic) bond motifs is 8.